The highest BCUT2D eigenvalue weighted by atomic mass is 19.3. The molecule has 0 radical (unpaired) electrons. The molecule has 3 nitrogen and oxygen atoms in total. The highest BCUT2D eigenvalue weighted by Gasteiger charge is 2.61. The van der Waals surface area contributed by atoms with Gasteiger partial charge in [-0.1, -0.05) is 0 Å². The standard InChI is InChI=1S/C8H12F2N2O/c9-8(10)5-11-3-1-7(8)2-4-12-6(7)13/h11H,1-5H2,(H,12,13). The van der Waals surface area contributed by atoms with Gasteiger partial charge >= 0.3 is 0 Å². The van der Waals surface area contributed by atoms with Crippen LogP contribution in [0.1, 0.15) is 12.8 Å². The van der Waals surface area contributed by atoms with E-state index in [1.165, 1.54) is 0 Å². The number of amides is 1. The van der Waals surface area contributed by atoms with Crippen molar-refractivity contribution >= 4 is 5.91 Å². The van der Waals surface area contributed by atoms with Crippen molar-refractivity contribution < 1.29 is 13.6 Å². The van der Waals surface area contributed by atoms with E-state index in [4.69, 9.17) is 0 Å². The number of piperidine rings is 1. The quantitative estimate of drug-likeness (QED) is 0.569. The van der Waals surface area contributed by atoms with Crippen molar-refractivity contribution in [1.82, 2.24) is 10.6 Å². The van der Waals surface area contributed by atoms with Crippen LogP contribution in [0.4, 0.5) is 8.78 Å². The second kappa shape index (κ2) is 2.64. The summed E-state index contributed by atoms with van der Waals surface area (Å²) >= 11 is 0. The van der Waals surface area contributed by atoms with Gasteiger partial charge in [0.1, 0.15) is 5.41 Å². The fourth-order valence-corrected chi connectivity index (χ4v) is 2.16. The molecule has 0 bridgehead atoms. The van der Waals surface area contributed by atoms with E-state index >= 15 is 0 Å². The van der Waals surface area contributed by atoms with Crippen LogP contribution in [-0.2, 0) is 4.79 Å². The van der Waals surface area contributed by atoms with Gasteiger partial charge in [0.05, 0.1) is 6.54 Å². The molecule has 0 aliphatic carbocycles. The molecular weight excluding hydrogens is 178 g/mol. The molecule has 2 aliphatic rings. The Labute approximate surface area is 74.9 Å². The van der Waals surface area contributed by atoms with E-state index in [0.717, 1.165) is 0 Å². The van der Waals surface area contributed by atoms with E-state index in [1.807, 2.05) is 0 Å². The molecule has 2 N–H and O–H groups in total. The van der Waals surface area contributed by atoms with Crippen molar-refractivity contribution in [3.05, 3.63) is 0 Å². The Kier molecular flexibility index (Phi) is 1.80. The largest absolute Gasteiger partial charge is 0.355 e. The van der Waals surface area contributed by atoms with Crippen LogP contribution in [0, 0.1) is 5.41 Å². The van der Waals surface area contributed by atoms with Gasteiger partial charge in [-0.2, -0.15) is 0 Å². The van der Waals surface area contributed by atoms with E-state index in [1.54, 1.807) is 0 Å². The molecule has 2 heterocycles. The lowest BCUT2D eigenvalue weighted by atomic mass is 9.74. The van der Waals surface area contributed by atoms with Crippen LogP contribution in [-0.4, -0.2) is 31.5 Å². The maximum absolute atomic E-state index is 13.5. The van der Waals surface area contributed by atoms with E-state index in [-0.39, 0.29) is 19.4 Å². The Balaban J connectivity index is 2.32. The molecule has 2 saturated heterocycles. The number of hydrogen-bond donors (Lipinski definition) is 2. The maximum atomic E-state index is 13.5. The molecule has 2 fully saturated rings. The SMILES string of the molecule is O=C1NCCC12CCNCC2(F)F. The van der Waals surface area contributed by atoms with Crippen LogP contribution in [0.2, 0.25) is 0 Å². The number of hydrogen-bond acceptors (Lipinski definition) is 2. The van der Waals surface area contributed by atoms with Crippen molar-refractivity contribution in [3.8, 4) is 0 Å². The van der Waals surface area contributed by atoms with Crippen LogP contribution < -0.4 is 10.6 Å². The third-order valence-electron chi connectivity index (χ3n) is 3.05. The van der Waals surface area contributed by atoms with Gasteiger partial charge < -0.3 is 10.6 Å². The Bertz CT molecular complexity index is 244. The Hall–Kier alpha value is -0.710. The minimum atomic E-state index is -2.90. The molecule has 0 aromatic heterocycles. The number of carbonyl (C=O) groups is 1. The highest BCUT2D eigenvalue weighted by molar-refractivity contribution is 5.86. The molecule has 13 heavy (non-hydrogen) atoms. The summed E-state index contributed by atoms with van der Waals surface area (Å²) in [4.78, 5) is 11.3. The van der Waals surface area contributed by atoms with Crippen molar-refractivity contribution in [1.29, 1.82) is 0 Å². The van der Waals surface area contributed by atoms with Gasteiger partial charge in [-0.05, 0) is 19.4 Å². The van der Waals surface area contributed by atoms with E-state index in [9.17, 15) is 13.6 Å². The zero-order chi connectivity index (χ0) is 9.53. The van der Waals surface area contributed by atoms with Crippen LogP contribution in [0.3, 0.4) is 0 Å². The number of halogens is 2. The molecule has 2 rings (SSSR count). The maximum Gasteiger partial charge on any atom is 0.274 e. The molecule has 0 aromatic carbocycles. The molecule has 1 atom stereocenters. The molecule has 1 amide bonds. The minimum absolute atomic E-state index is 0.242. The summed E-state index contributed by atoms with van der Waals surface area (Å²) in [6.07, 6.45) is 0.506. The molecule has 1 spiro atoms. The lowest BCUT2D eigenvalue weighted by Gasteiger charge is -2.38. The van der Waals surface area contributed by atoms with Crippen LogP contribution >= 0.6 is 0 Å². The zero-order valence-electron chi connectivity index (χ0n) is 7.20. The Morgan fingerprint density at radius 1 is 1.23 bits per heavy atom. The number of nitrogens with one attached hydrogen (secondary N) is 2. The van der Waals surface area contributed by atoms with Gasteiger partial charge in [-0.15, -0.1) is 0 Å². The van der Waals surface area contributed by atoms with Gasteiger partial charge in [-0.3, -0.25) is 4.79 Å². The first-order valence-corrected chi connectivity index (χ1v) is 4.45. The molecule has 74 valence electrons. The van der Waals surface area contributed by atoms with Crippen molar-refractivity contribution in [3.63, 3.8) is 0 Å². The topological polar surface area (TPSA) is 41.1 Å². The third kappa shape index (κ3) is 1.06. The highest BCUT2D eigenvalue weighted by Crippen LogP contribution is 2.46. The first-order chi connectivity index (χ1) is 6.08. The summed E-state index contributed by atoms with van der Waals surface area (Å²) in [6.45, 7) is 0.512. The Morgan fingerprint density at radius 2 is 1.92 bits per heavy atom. The summed E-state index contributed by atoms with van der Waals surface area (Å²) < 4.78 is 27.0. The third-order valence-corrected chi connectivity index (χ3v) is 3.05. The lowest BCUT2D eigenvalue weighted by Crippen LogP contribution is -2.57. The molecule has 0 saturated carbocycles. The number of rotatable bonds is 0. The van der Waals surface area contributed by atoms with Gasteiger partial charge in [-0.25, -0.2) is 8.78 Å². The van der Waals surface area contributed by atoms with Crippen molar-refractivity contribution in [2.24, 2.45) is 5.41 Å². The van der Waals surface area contributed by atoms with E-state index in [2.05, 4.69) is 10.6 Å². The number of alkyl halides is 2. The predicted molar refractivity (Wildman–Crippen MR) is 42.5 cm³/mol. The van der Waals surface area contributed by atoms with E-state index < -0.39 is 17.2 Å². The molecule has 2 aliphatic heterocycles. The average Bonchev–Trinajstić information content (AvgIpc) is 2.41. The van der Waals surface area contributed by atoms with Crippen molar-refractivity contribution in [2.75, 3.05) is 19.6 Å². The van der Waals surface area contributed by atoms with Gasteiger partial charge in [0.15, 0.2) is 0 Å². The second-order valence-electron chi connectivity index (χ2n) is 3.72. The molecular formula is C8H12F2N2O. The number of carbonyl (C=O) groups excluding carboxylic acids is 1. The van der Waals surface area contributed by atoms with Gasteiger partial charge in [0.2, 0.25) is 5.91 Å². The zero-order valence-corrected chi connectivity index (χ0v) is 7.20. The molecule has 1 unspecified atom stereocenters. The lowest BCUT2D eigenvalue weighted by molar-refractivity contribution is -0.162. The van der Waals surface area contributed by atoms with Crippen molar-refractivity contribution in [2.45, 2.75) is 18.8 Å². The first kappa shape index (κ1) is 8.87. The average molecular weight is 190 g/mol. The summed E-state index contributed by atoms with van der Waals surface area (Å²) in [5.74, 6) is -3.37. The summed E-state index contributed by atoms with van der Waals surface area (Å²) in [7, 11) is 0. The second-order valence-corrected chi connectivity index (χ2v) is 3.72. The fraction of sp³-hybridized carbons (Fsp3) is 0.875. The summed E-state index contributed by atoms with van der Waals surface area (Å²) in [6, 6.07) is 0. The van der Waals surface area contributed by atoms with Crippen LogP contribution in [0.25, 0.3) is 0 Å². The van der Waals surface area contributed by atoms with Gasteiger partial charge in [0.25, 0.3) is 5.92 Å². The fourth-order valence-electron chi connectivity index (χ4n) is 2.16. The predicted octanol–water partition coefficient (Wildman–Crippen LogP) is 0.121. The van der Waals surface area contributed by atoms with Crippen LogP contribution in [0.5, 0.6) is 0 Å². The summed E-state index contributed by atoms with van der Waals surface area (Å²) in [5, 5.41) is 5.11. The molecule has 0 aromatic rings. The summed E-state index contributed by atoms with van der Waals surface area (Å²) in [5.41, 5.74) is -1.42. The molecule has 5 heteroatoms. The van der Waals surface area contributed by atoms with E-state index in [0.29, 0.717) is 13.1 Å². The Morgan fingerprint density at radius 3 is 2.46 bits per heavy atom. The minimum Gasteiger partial charge on any atom is -0.355 e. The monoisotopic (exact) mass is 190 g/mol. The normalized spacial score (nSPS) is 37.8. The van der Waals surface area contributed by atoms with Gasteiger partial charge in [0, 0.05) is 6.54 Å². The smallest absolute Gasteiger partial charge is 0.274 e. The van der Waals surface area contributed by atoms with Crippen LogP contribution in [0.15, 0.2) is 0 Å². The first-order valence-electron chi connectivity index (χ1n) is 4.45.